The van der Waals surface area contributed by atoms with Crippen LogP contribution in [0.3, 0.4) is 0 Å². The number of hydrogen-bond acceptors (Lipinski definition) is 10. The van der Waals surface area contributed by atoms with Gasteiger partial charge in [0.15, 0.2) is 5.17 Å². The van der Waals surface area contributed by atoms with Crippen LogP contribution in [0.1, 0.15) is 31.4 Å². The van der Waals surface area contributed by atoms with Crippen LogP contribution in [0.25, 0.3) is 0 Å². The number of esters is 1. The van der Waals surface area contributed by atoms with Crippen molar-refractivity contribution in [2.75, 3.05) is 46.5 Å². The van der Waals surface area contributed by atoms with Crippen LogP contribution in [-0.2, 0) is 19.1 Å². The van der Waals surface area contributed by atoms with E-state index in [2.05, 4.69) is 15.2 Å². The van der Waals surface area contributed by atoms with Crippen LogP contribution in [0.5, 0.6) is 0 Å². The average Bonchev–Trinajstić information content (AvgIpc) is 3.29. The summed E-state index contributed by atoms with van der Waals surface area (Å²) in [6, 6.07) is 5.46. The molecule has 0 saturated carbocycles. The first kappa shape index (κ1) is 25.9. The summed E-state index contributed by atoms with van der Waals surface area (Å²) in [4.78, 5) is 45.2. The molecule has 1 amide bonds. The van der Waals surface area contributed by atoms with Crippen molar-refractivity contribution >= 4 is 34.5 Å². The number of nitro benzene ring substituents is 1. The molecule has 0 radical (unpaired) electrons. The number of amidine groups is 1. The van der Waals surface area contributed by atoms with Crippen LogP contribution in [0.15, 0.2) is 51.6 Å². The number of nitro groups is 1. The smallest absolute Gasteiger partial charge is 0.338 e. The summed E-state index contributed by atoms with van der Waals surface area (Å²) >= 11 is 1.39. The molecule has 0 aliphatic carbocycles. The van der Waals surface area contributed by atoms with Crippen LogP contribution in [0.2, 0.25) is 0 Å². The number of amides is 1. The van der Waals surface area contributed by atoms with Gasteiger partial charge in [0.25, 0.3) is 5.69 Å². The van der Waals surface area contributed by atoms with Gasteiger partial charge >= 0.3 is 5.97 Å². The van der Waals surface area contributed by atoms with Crippen molar-refractivity contribution in [1.29, 1.82) is 0 Å². The minimum atomic E-state index is -0.622. The molecule has 3 aliphatic heterocycles. The van der Waals surface area contributed by atoms with Gasteiger partial charge in [-0.05, 0) is 29.5 Å². The maximum atomic E-state index is 12.9. The standard InChI is InChI=1S/C24H29N5O6S/c1-3-19-21(23(31)34-2)22(16-4-6-17(7-5-16)29(32)33)28-18(15-36-24(28)26-19)14-20(30)25-8-9-27-10-12-35-13-11-27/h4-7,15,22H,3,8-14H2,1-2H3,(H,25,30). The van der Waals surface area contributed by atoms with Crippen molar-refractivity contribution in [3.63, 3.8) is 0 Å². The molecule has 1 aromatic rings. The number of allylic oxidation sites excluding steroid dienone is 1. The zero-order valence-corrected chi connectivity index (χ0v) is 21.1. The fraction of sp³-hybridized carbons (Fsp3) is 0.458. The van der Waals surface area contributed by atoms with E-state index in [1.54, 1.807) is 12.1 Å². The predicted octanol–water partition coefficient (Wildman–Crippen LogP) is 2.57. The number of hydrogen-bond donors (Lipinski definition) is 1. The van der Waals surface area contributed by atoms with Gasteiger partial charge in [0.2, 0.25) is 5.91 Å². The van der Waals surface area contributed by atoms with E-state index in [0.29, 0.717) is 53.9 Å². The van der Waals surface area contributed by atoms with Crippen molar-refractivity contribution < 1.29 is 24.0 Å². The first-order chi connectivity index (χ1) is 17.4. The molecule has 12 heteroatoms. The highest BCUT2D eigenvalue weighted by molar-refractivity contribution is 8.16. The number of ether oxygens (including phenoxy) is 2. The van der Waals surface area contributed by atoms with Crippen LogP contribution in [-0.4, -0.2) is 78.3 Å². The number of nitrogens with one attached hydrogen (secondary N) is 1. The number of benzene rings is 1. The molecule has 3 heterocycles. The molecule has 1 fully saturated rings. The lowest BCUT2D eigenvalue weighted by molar-refractivity contribution is -0.384. The molecule has 4 rings (SSSR count). The largest absolute Gasteiger partial charge is 0.466 e. The van der Waals surface area contributed by atoms with E-state index in [0.717, 1.165) is 19.6 Å². The molecular weight excluding hydrogens is 486 g/mol. The fourth-order valence-electron chi connectivity index (χ4n) is 4.41. The number of fused-ring (bicyclic) bond motifs is 1. The molecule has 1 saturated heterocycles. The first-order valence-corrected chi connectivity index (χ1v) is 12.7. The second-order valence-corrected chi connectivity index (χ2v) is 9.27. The Hall–Kier alpha value is -3.22. The summed E-state index contributed by atoms with van der Waals surface area (Å²) < 4.78 is 10.4. The fourth-order valence-corrected chi connectivity index (χ4v) is 5.35. The Morgan fingerprint density at radius 2 is 2.00 bits per heavy atom. The lowest BCUT2D eigenvalue weighted by Crippen LogP contribution is -2.42. The molecule has 1 unspecified atom stereocenters. The SMILES string of the molecule is CCC1=C(C(=O)OC)C(c2ccc([N+](=O)[O-])cc2)N2C(CC(=O)NCCN3CCOCC3)=CSC2=N1. The highest BCUT2D eigenvalue weighted by Gasteiger charge is 2.41. The minimum absolute atomic E-state index is 0.0472. The van der Waals surface area contributed by atoms with Gasteiger partial charge in [-0.25, -0.2) is 9.79 Å². The second-order valence-electron chi connectivity index (χ2n) is 8.43. The summed E-state index contributed by atoms with van der Waals surface area (Å²) in [6.45, 7) is 6.29. The Morgan fingerprint density at radius 3 is 2.64 bits per heavy atom. The van der Waals surface area contributed by atoms with E-state index >= 15 is 0 Å². The molecule has 11 nitrogen and oxygen atoms in total. The van der Waals surface area contributed by atoms with E-state index in [1.165, 1.54) is 31.0 Å². The molecule has 3 aliphatic rings. The maximum absolute atomic E-state index is 12.9. The molecule has 0 aromatic heterocycles. The molecule has 36 heavy (non-hydrogen) atoms. The summed E-state index contributed by atoms with van der Waals surface area (Å²) in [6.07, 6.45) is 0.609. The van der Waals surface area contributed by atoms with Crippen LogP contribution >= 0.6 is 11.8 Å². The monoisotopic (exact) mass is 515 g/mol. The Kier molecular flexibility index (Phi) is 8.39. The molecule has 0 spiro atoms. The van der Waals surface area contributed by atoms with Crippen molar-refractivity contribution in [3.05, 3.63) is 62.3 Å². The zero-order valence-electron chi connectivity index (χ0n) is 20.3. The van der Waals surface area contributed by atoms with Gasteiger partial charge in [0, 0.05) is 44.0 Å². The van der Waals surface area contributed by atoms with Crippen LogP contribution in [0.4, 0.5) is 5.69 Å². The Labute approximate surface area is 213 Å². The van der Waals surface area contributed by atoms with E-state index in [4.69, 9.17) is 9.47 Å². The maximum Gasteiger partial charge on any atom is 0.338 e. The summed E-state index contributed by atoms with van der Waals surface area (Å²) in [7, 11) is 1.31. The van der Waals surface area contributed by atoms with E-state index in [1.807, 2.05) is 17.2 Å². The third-order valence-corrected chi connectivity index (χ3v) is 7.13. The molecule has 1 N–H and O–H groups in total. The predicted molar refractivity (Wildman–Crippen MR) is 135 cm³/mol. The molecule has 1 aromatic carbocycles. The number of thioether (sulfide) groups is 1. The van der Waals surface area contributed by atoms with E-state index in [-0.39, 0.29) is 18.0 Å². The van der Waals surface area contributed by atoms with Gasteiger partial charge in [-0.1, -0.05) is 18.7 Å². The lowest BCUT2D eigenvalue weighted by Gasteiger charge is -2.36. The summed E-state index contributed by atoms with van der Waals surface area (Å²) in [5.41, 5.74) is 2.27. The highest BCUT2D eigenvalue weighted by atomic mass is 32.2. The van der Waals surface area contributed by atoms with Gasteiger partial charge in [-0.15, -0.1) is 0 Å². The van der Waals surface area contributed by atoms with E-state index in [9.17, 15) is 19.7 Å². The average molecular weight is 516 g/mol. The van der Waals surface area contributed by atoms with Gasteiger partial charge < -0.3 is 19.7 Å². The van der Waals surface area contributed by atoms with Gasteiger partial charge in [-0.3, -0.25) is 19.8 Å². The molecule has 192 valence electrons. The van der Waals surface area contributed by atoms with Crippen molar-refractivity contribution in [1.82, 2.24) is 15.1 Å². The number of methoxy groups -OCH3 is 1. The quantitative estimate of drug-likeness (QED) is 0.300. The Balaban J connectivity index is 1.56. The summed E-state index contributed by atoms with van der Waals surface area (Å²) in [5.74, 6) is -0.659. The third kappa shape index (κ3) is 5.61. The van der Waals surface area contributed by atoms with Crippen LogP contribution < -0.4 is 5.32 Å². The summed E-state index contributed by atoms with van der Waals surface area (Å²) in [5, 5.41) is 16.7. The number of non-ortho nitro benzene ring substituents is 1. The second kappa shape index (κ2) is 11.7. The molecular formula is C24H29N5O6S. The number of morpholine rings is 1. The number of carbonyl (C=O) groups is 2. The van der Waals surface area contributed by atoms with Gasteiger partial charge in [0.1, 0.15) is 0 Å². The molecule has 1 atom stereocenters. The van der Waals surface area contributed by atoms with Gasteiger partial charge in [-0.2, -0.15) is 0 Å². The van der Waals surface area contributed by atoms with Crippen molar-refractivity contribution in [2.24, 2.45) is 4.99 Å². The Morgan fingerprint density at radius 1 is 1.28 bits per heavy atom. The third-order valence-electron chi connectivity index (χ3n) is 6.24. The molecule has 0 bridgehead atoms. The topological polar surface area (TPSA) is 127 Å². The normalized spacial score (nSPS) is 19.9. The van der Waals surface area contributed by atoms with E-state index < -0.39 is 16.9 Å². The lowest BCUT2D eigenvalue weighted by atomic mass is 9.92. The zero-order chi connectivity index (χ0) is 25.7. The van der Waals surface area contributed by atoms with Gasteiger partial charge in [0.05, 0.1) is 49.0 Å². The Bertz CT molecular complexity index is 1110. The van der Waals surface area contributed by atoms with Crippen molar-refractivity contribution in [2.45, 2.75) is 25.8 Å². The number of aliphatic imine (C=N–C) groups is 1. The minimum Gasteiger partial charge on any atom is -0.466 e. The van der Waals surface area contributed by atoms with Crippen molar-refractivity contribution in [3.8, 4) is 0 Å². The highest BCUT2D eigenvalue weighted by Crippen LogP contribution is 2.45. The number of rotatable bonds is 9. The number of nitrogens with zero attached hydrogens (tertiary/aromatic N) is 4. The first-order valence-electron chi connectivity index (χ1n) is 11.8. The number of carbonyl (C=O) groups excluding carboxylic acids is 2. The van der Waals surface area contributed by atoms with Crippen LogP contribution in [0, 0.1) is 10.1 Å².